The van der Waals surface area contributed by atoms with Crippen molar-refractivity contribution in [1.82, 2.24) is 29.9 Å². The van der Waals surface area contributed by atoms with Gasteiger partial charge >= 0.3 is 0 Å². The Kier molecular flexibility index (Phi) is 5.87. The Morgan fingerprint density at radius 2 is 1.76 bits per heavy atom. The largest absolute Gasteiger partial charge is 0.497 e. The number of amides is 2. The summed E-state index contributed by atoms with van der Waals surface area (Å²) < 4.78 is 6.99. The molecule has 2 fully saturated rings. The number of fused-ring (bicyclic) bond motifs is 1. The zero-order valence-electron chi connectivity index (χ0n) is 20.4. The molecule has 2 aliphatic rings. The number of methoxy groups -OCH3 is 1. The Hall–Kier alpha value is -4.54. The van der Waals surface area contributed by atoms with Crippen molar-refractivity contribution < 1.29 is 14.3 Å². The lowest BCUT2D eigenvalue weighted by atomic mass is 10.1. The molecule has 4 aromatic rings. The highest BCUT2D eigenvalue weighted by atomic mass is 16.5. The third-order valence-corrected chi connectivity index (χ3v) is 6.95. The van der Waals surface area contributed by atoms with E-state index in [4.69, 9.17) is 4.74 Å². The fourth-order valence-electron chi connectivity index (χ4n) is 5.01. The molecule has 0 radical (unpaired) electrons. The maximum atomic E-state index is 13.3. The first-order valence-electron chi connectivity index (χ1n) is 12.2. The lowest BCUT2D eigenvalue weighted by molar-refractivity contribution is -0.136. The number of carbonyl (C=O) groups excluding carboxylic acids is 2. The molecule has 11 nitrogen and oxygen atoms in total. The van der Waals surface area contributed by atoms with Crippen molar-refractivity contribution in [1.29, 1.82) is 0 Å². The smallest absolute Gasteiger partial charge is 0.228 e. The first kappa shape index (κ1) is 22.9. The second kappa shape index (κ2) is 9.49. The number of carbonyl (C=O) groups is 2. The van der Waals surface area contributed by atoms with Crippen LogP contribution in [0.25, 0.3) is 16.9 Å². The molecule has 2 aliphatic heterocycles. The van der Waals surface area contributed by atoms with Crippen molar-refractivity contribution in [2.24, 2.45) is 5.92 Å². The lowest BCUT2D eigenvalue weighted by Crippen LogP contribution is -2.51. The third-order valence-electron chi connectivity index (χ3n) is 6.95. The summed E-state index contributed by atoms with van der Waals surface area (Å²) in [7, 11) is 1.62. The molecule has 0 saturated carbocycles. The average Bonchev–Trinajstić information content (AvgIpc) is 3.57. The van der Waals surface area contributed by atoms with Gasteiger partial charge < -0.3 is 19.4 Å². The summed E-state index contributed by atoms with van der Waals surface area (Å²) in [6, 6.07) is 17.0. The van der Waals surface area contributed by atoms with E-state index < -0.39 is 0 Å². The van der Waals surface area contributed by atoms with Gasteiger partial charge in [-0.1, -0.05) is 29.5 Å². The normalized spacial score (nSPS) is 18.0. The van der Waals surface area contributed by atoms with E-state index in [0.29, 0.717) is 55.5 Å². The highest BCUT2D eigenvalue weighted by molar-refractivity contribution is 6.00. The second-order valence-corrected chi connectivity index (χ2v) is 9.13. The molecule has 4 heterocycles. The van der Waals surface area contributed by atoms with E-state index >= 15 is 0 Å². The van der Waals surface area contributed by atoms with Crippen LogP contribution in [0.2, 0.25) is 0 Å². The van der Waals surface area contributed by atoms with Crippen LogP contribution in [-0.4, -0.2) is 81.5 Å². The first-order chi connectivity index (χ1) is 18.1. The molecule has 0 N–H and O–H groups in total. The Morgan fingerprint density at radius 3 is 2.54 bits per heavy atom. The van der Waals surface area contributed by atoms with E-state index in [9.17, 15) is 9.59 Å². The topological polar surface area (TPSA) is 110 Å². The molecule has 188 valence electrons. The number of para-hydroxylation sites is 1. The monoisotopic (exact) mass is 498 g/mol. The number of benzene rings is 2. The Labute approximate surface area is 213 Å². The Balaban J connectivity index is 1.15. The molecule has 0 unspecified atom stereocenters. The van der Waals surface area contributed by atoms with Gasteiger partial charge in [0.15, 0.2) is 17.0 Å². The number of hydrogen-bond acceptors (Lipinski definition) is 8. The number of rotatable bonds is 5. The van der Waals surface area contributed by atoms with Gasteiger partial charge in [0.25, 0.3) is 0 Å². The number of anilines is 2. The van der Waals surface area contributed by atoms with E-state index in [0.717, 1.165) is 11.4 Å². The lowest BCUT2D eigenvalue weighted by Gasteiger charge is -2.36. The number of nitrogens with zero attached hydrogens (tertiary/aromatic N) is 8. The van der Waals surface area contributed by atoms with Gasteiger partial charge in [-0.25, -0.2) is 9.97 Å². The Bertz CT molecular complexity index is 1450. The second-order valence-electron chi connectivity index (χ2n) is 9.13. The average molecular weight is 499 g/mol. The van der Waals surface area contributed by atoms with Gasteiger partial charge in [-0.2, -0.15) is 4.68 Å². The van der Waals surface area contributed by atoms with Crippen molar-refractivity contribution in [3.8, 4) is 11.4 Å². The zero-order chi connectivity index (χ0) is 25.4. The number of aromatic nitrogens is 5. The highest BCUT2D eigenvalue weighted by Gasteiger charge is 2.38. The van der Waals surface area contributed by atoms with Crippen LogP contribution in [0, 0.1) is 5.92 Å². The summed E-state index contributed by atoms with van der Waals surface area (Å²) in [5.41, 5.74) is 2.83. The summed E-state index contributed by atoms with van der Waals surface area (Å²) in [4.78, 5) is 40.4. The fraction of sp³-hybridized carbons (Fsp3) is 0.308. The summed E-state index contributed by atoms with van der Waals surface area (Å²) in [6.07, 6.45) is 1.76. The molecule has 6 rings (SSSR count). The minimum atomic E-state index is -0.326. The van der Waals surface area contributed by atoms with Gasteiger partial charge in [0, 0.05) is 50.9 Å². The standard InChI is InChI=1S/C26H26N8O3/c1-37-21-9-5-8-20(15-21)34-25-23(29-30-34)24(27-17-28-25)31-10-12-32(13-11-31)26(36)18-14-22(35)33(16-18)19-6-3-2-4-7-19/h2-9,15,17-18H,10-14,16H2,1H3/t18-/m0/s1. The third kappa shape index (κ3) is 4.22. The van der Waals surface area contributed by atoms with Gasteiger partial charge in [-0.3, -0.25) is 9.59 Å². The van der Waals surface area contributed by atoms with Crippen LogP contribution in [0.1, 0.15) is 6.42 Å². The molecule has 2 aromatic carbocycles. The summed E-state index contributed by atoms with van der Waals surface area (Å²) in [5, 5.41) is 8.68. The molecule has 37 heavy (non-hydrogen) atoms. The van der Waals surface area contributed by atoms with E-state index in [-0.39, 0.29) is 24.2 Å². The predicted octanol–water partition coefficient (Wildman–Crippen LogP) is 1.92. The summed E-state index contributed by atoms with van der Waals surface area (Å²) in [5.74, 6) is 1.10. The predicted molar refractivity (Wildman–Crippen MR) is 137 cm³/mol. The molecule has 0 bridgehead atoms. The van der Waals surface area contributed by atoms with Crippen LogP contribution >= 0.6 is 0 Å². The minimum absolute atomic E-state index is 0.00862. The van der Waals surface area contributed by atoms with Crippen LogP contribution in [0.5, 0.6) is 5.75 Å². The van der Waals surface area contributed by atoms with Crippen molar-refractivity contribution in [3.63, 3.8) is 0 Å². The van der Waals surface area contributed by atoms with Crippen molar-refractivity contribution in [2.75, 3.05) is 49.6 Å². The quantitative estimate of drug-likeness (QED) is 0.411. The number of piperazine rings is 1. The molecular formula is C26H26N8O3. The van der Waals surface area contributed by atoms with Crippen LogP contribution < -0.4 is 14.5 Å². The minimum Gasteiger partial charge on any atom is -0.497 e. The van der Waals surface area contributed by atoms with E-state index in [1.807, 2.05) is 59.5 Å². The molecule has 2 amide bonds. The van der Waals surface area contributed by atoms with Gasteiger partial charge in [0.2, 0.25) is 11.8 Å². The molecule has 11 heteroatoms. The van der Waals surface area contributed by atoms with Gasteiger partial charge in [0.1, 0.15) is 12.1 Å². The summed E-state index contributed by atoms with van der Waals surface area (Å²) >= 11 is 0. The van der Waals surface area contributed by atoms with E-state index in [1.54, 1.807) is 16.7 Å². The SMILES string of the molecule is COc1cccc(-n2nnc3c(N4CCN(C(=O)[C@H]5CC(=O)N(c6ccccc6)C5)CC4)ncnc32)c1. The number of ether oxygens (including phenoxy) is 1. The van der Waals surface area contributed by atoms with E-state index in [2.05, 4.69) is 25.2 Å². The maximum Gasteiger partial charge on any atom is 0.228 e. The molecule has 0 aliphatic carbocycles. The van der Waals surface area contributed by atoms with Crippen molar-refractivity contribution in [3.05, 3.63) is 60.9 Å². The number of hydrogen-bond donors (Lipinski definition) is 0. The highest BCUT2D eigenvalue weighted by Crippen LogP contribution is 2.28. The van der Waals surface area contributed by atoms with Crippen LogP contribution in [0.4, 0.5) is 11.5 Å². The van der Waals surface area contributed by atoms with Crippen molar-refractivity contribution >= 4 is 34.5 Å². The van der Waals surface area contributed by atoms with Crippen LogP contribution in [-0.2, 0) is 9.59 Å². The maximum absolute atomic E-state index is 13.3. The van der Waals surface area contributed by atoms with Gasteiger partial charge in [-0.05, 0) is 24.3 Å². The van der Waals surface area contributed by atoms with E-state index in [1.165, 1.54) is 6.33 Å². The zero-order valence-corrected chi connectivity index (χ0v) is 20.4. The van der Waals surface area contributed by atoms with Gasteiger partial charge in [-0.15, -0.1) is 5.10 Å². The fourth-order valence-corrected chi connectivity index (χ4v) is 5.01. The Morgan fingerprint density at radius 1 is 0.973 bits per heavy atom. The molecule has 2 aromatic heterocycles. The van der Waals surface area contributed by atoms with Crippen LogP contribution in [0.15, 0.2) is 60.9 Å². The molecular weight excluding hydrogens is 472 g/mol. The molecule has 0 spiro atoms. The van der Waals surface area contributed by atoms with Crippen molar-refractivity contribution in [2.45, 2.75) is 6.42 Å². The molecule has 1 atom stereocenters. The molecule has 2 saturated heterocycles. The first-order valence-corrected chi connectivity index (χ1v) is 12.2. The van der Waals surface area contributed by atoms with Crippen LogP contribution in [0.3, 0.4) is 0 Å². The van der Waals surface area contributed by atoms with Gasteiger partial charge in [0.05, 0.1) is 18.7 Å². The summed E-state index contributed by atoms with van der Waals surface area (Å²) in [6.45, 7) is 2.72.